The van der Waals surface area contributed by atoms with E-state index >= 15 is 0 Å². The molecule has 0 saturated carbocycles. The van der Waals surface area contributed by atoms with Crippen LogP contribution in [-0.4, -0.2) is 61.8 Å². The Labute approximate surface area is 212 Å². The zero-order chi connectivity index (χ0) is 28.0. The molecule has 2 aromatic carbocycles. The Bertz CT molecular complexity index is 1150. The zero-order valence-corrected chi connectivity index (χ0v) is 20.8. The van der Waals surface area contributed by atoms with Gasteiger partial charge < -0.3 is 33.9 Å². The van der Waals surface area contributed by atoms with Gasteiger partial charge in [-0.15, -0.1) is 0 Å². The number of rotatable bonds is 12. The van der Waals surface area contributed by atoms with Crippen LogP contribution in [0, 0.1) is 0 Å². The predicted molar refractivity (Wildman–Crippen MR) is 126 cm³/mol. The highest BCUT2D eigenvalue weighted by Gasteiger charge is 2.67. The molecule has 0 heterocycles. The Balaban J connectivity index is 2.28. The molecule has 0 radical (unpaired) electrons. The number of anilines is 1. The minimum atomic E-state index is -5.65. The quantitative estimate of drug-likeness (QED) is 0.301. The average molecular weight is 549 g/mol. The Kier molecular flexibility index (Phi) is 9.64. The van der Waals surface area contributed by atoms with E-state index in [0.29, 0.717) is 22.8 Å². The lowest BCUT2D eigenvalue weighted by molar-refractivity contribution is -0.219. The first-order valence-electron chi connectivity index (χ1n) is 10.1. The molecule has 0 aromatic heterocycles. The van der Waals surface area contributed by atoms with Crippen LogP contribution in [0.3, 0.4) is 0 Å². The van der Waals surface area contributed by atoms with Crippen LogP contribution < -0.4 is 24.3 Å². The van der Waals surface area contributed by atoms with Gasteiger partial charge in [-0.05, 0) is 23.3 Å². The molecule has 1 unspecified atom stereocenters. The average Bonchev–Trinajstić information content (AvgIpc) is 2.86. The van der Waals surface area contributed by atoms with Gasteiger partial charge in [0.2, 0.25) is 0 Å². The van der Waals surface area contributed by atoms with Crippen LogP contribution in [0.15, 0.2) is 35.7 Å². The van der Waals surface area contributed by atoms with E-state index in [9.17, 15) is 31.7 Å². The number of alkyl halides is 4. The van der Waals surface area contributed by atoms with Gasteiger partial charge in [0.05, 0.1) is 39.7 Å². The summed E-state index contributed by atoms with van der Waals surface area (Å²) in [5, 5.41) is 11.2. The highest BCUT2D eigenvalue weighted by atomic mass is 32.2. The number of hydrogen-bond acceptors (Lipinski definition) is 7. The molecule has 1 amide bonds. The summed E-state index contributed by atoms with van der Waals surface area (Å²) in [6, 6.07) is 6.92. The molecule has 0 aliphatic rings. The molecule has 2 rings (SSSR count). The van der Waals surface area contributed by atoms with Crippen LogP contribution >= 0.6 is 0 Å². The molecule has 0 saturated heterocycles. The van der Waals surface area contributed by atoms with Crippen molar-refractivity contribution in [2.24, 2.45) is 0 Å². The van der Waals surface area contributed by atoms with E-state index in [4.69, 9.17) is 24.1 Å². The largest absolute Gasteiger partial charge is 0.612 e. The number of carbonyl (C=O) groups excluding carboxylic acids is 1. The number of halogens is 4. The summed E-state index contributed by atoms with van der Waals surface area (Å²) >= 11 is -1.69. The van der Waals surface area contributed by atoms with Crippen LogP contribution in [0.2, 0.25) is 0 Å². The lowest BCUT2D eigenvalue weighted by Crippen LogP contribution is -2.54. The van der Waals surface area contributed by atoms with E-state index in [0.717, 1.165) is 13.2 Å². The monoisotopic (exact) mass is 549 g/mol. The normalized spacial score (nSPS) is 12.7. The van der Waals surface area contributed by atoms with Crippen molar-refractivity contribution < 1.29 is 55.8 Å². The Morgan fingerprint density at radius 2 is 1.51 bits per heavy atom. The van der Waals surface area contributed by atoms with Gasteiger partial charge in [0, 0.05) is 23.8 Å². The van der Waals surface area contributed by atoms with E-state index in [-0.39, 0.29) is 17.1 Å². The molecular weight excluding hydrogens is 526 g/mol. The minimum Gasteiger partial charge on any atom is -0.612 e. The zero-order valence-electron chi connectivity index (χ0n) is 20.0. The minimum absolute atomic E-state index is 0.175. The first-order valence-corrected chi connectivity index (χ1v) is 11.5. The van der Waals surface area contributed by atoms with E-state index in [1.807, 2.05) is 0 Å². The molecule has 1 atom stereocenters. The second kappa shape index (κ2) is 12.1. The van der Waals surface area contributed by atoms with Gasteiger partial charge in [-0.3, -0.25) is 4.79 Å². The third-order valence-electron chi connectivity index (χ3n) is 4.91. The highest BCUT2D eigenvalue weighted by molar-refractivity contribution is 7.93. The first kappa shape index (κ1) is 29.6. The number of aliphatic carboxylic acids is 1. The van der Waals surface area contributed by atoms with Crippen molar-refractivity contribution in [3.63, 3.8) is 0 Å². The summed E-state index contributed by atoms with van der Waals surface area (Å²) in [4.78, 5) is 22.4. The van der Waals surface area contributed by atoms with Gasteiger partial charge in [-0.25, -0.2) is 4.79 Å². The summed E-state index contributed by atoms with van der Waals surface area (Å²) in [5.41, 5.74) is 0.259. The molecule has 2 N–H and O–H groups in total. The van der Waals surface area contributed by atoms with Gasteiger partial charge in [-0.1, -0.05) is 6.07 Å². The van der Waals surface area contributed by atoms with E-state index in [1.54, 1.807) is 17.4 Å². The van der Waals surface area contributed by atoms with Crippen LogP contribution in [0.5, 0.6) is 23.0 Å². The lowest BCUT2D eigenvalue weighted by Gasteiger charge is -2.22. The topological polar surface area (TPSA) is 126 Å². The SMILES string of the molecule is COc1cc(OC)c(/C=C/[S+]([O-])Cc2ccc(OC)c(NC(=O)C(F)(F)C(F)(F)C(=O)O)c2)c(OC)c1. The van der Waals surface area contributed by atoms with Crippen LogP contribution in [0.25, 0.3) is 6.08 Å². The van der Waals surface area contributed by atoms with Crippen molar-refractivity contribution in [1.82, 2.24) is 0 Å². The second-order valence-electron chi connectivity index (χ2n) is 7.22. The smallest absolute Gasteiger partial charge is 0.413 e. The van der Waals surface area contributed by atoms with Gasteiger partial charge in [0.1, 0.15) is 34.2 Å². The molecule has 0 bridgehead atoms. The number of ether oxygens (including phenoxy) is 4. The maximum atomic E-state index is 13.8. The number of benzene rings is 2. The van der Waals surface area contributed by atoms with Gasteiger partial charge in [0.15, 0.2) is 0 Å². The molecule has 0 spiro atoms. The van der Waals surface area contributed by atoms with Gasteiger partial charge >= 0.3 is 23.7 Å². The summed E-state index contributed by atoms with van der Waals surface area (Å²) in [5.74, 6) is -16.1. The molecule has 0 aliphatic carbocycles. The molecular formula is C23H23F4NO8S. The van der Waals surface area contributed by atoms with Gasteiger partial charge in [0.25, 0.3) is 0 Å². The second-order valence-corrected chi connectivity index (χ2v) is 8.54. The van der Waals surface area contributed by atoms with Crippen LogP contribution in [0.4, 0.5) is 23.2 Å². The predicted octanol–water partition coefficient (Wildman–Crippen LogP) is 3.93. The van der Waals surface area contributed by atoms with Crippen molar-refractivity contribution in [2.75, 3.05) is 33.8 Å². The van der Waals surface area contributed by atoms with Crippen LogP contribution in [0.1, 0.15) is 11.1 Å². The summed E-state index contributed by atoms with van der Waals surface area (Å²) in [7, 11) is 5.44. The van der Waals surface area contributed by atoms with Crippen molar-refractivity contribution in [3.8, 4) is 23.0 Å². The molecule has 0 fully saturated rings. The molecule has 202 valence electrons. The third kappa shape index (κ3) is 6.57. The molecule has 2 aromatic rings. The fourth-order valence-corrected chi connectivity index (χ4v) is 3.87. The Hall–Kier alpha value is -3.65. The van der Waals surface area contributed by atoms with Gasteiger partial charge in [-0.2, -0.15) is 17.6 Å². The first-order chi connectivity index (χ1) is 17.3. The Morgan fingerprint density at radius 1 is 0.946 bits per heavy atom. The van der Waals surface area contributed by atoms with Crippen molar-refractivity contribution in [1.29, 1.82) is 0 Å². The fourth-order valence-electron chi connectivity index (χ4n) is 2.97. The van der Waals surface area contributed by atoms with Crippen molar-refractivity contribution >= 4 is 34.8 Å². The number of carboxylic acid groups (broad SMARTS) is 1. The lowest BCUT2D eigenvalue weighted by atomic mass is 10.1. The van der Waals surface area contributed by atoms with Crippen LogP contribution in [-0.2, 0) is 26.5 Å². The highest BCUT2D eigenvalue weighted by Crippen LogP contribution is 2.37. The summed E-state index contributed by atoms with van der Waals surface area (Å²) < 4.78 is 87.8. The number of carboxylic acids is 1. The van der Waals surface area contributed by atoms with Crippen molar-refractivity contribution in [3.05, 3.63) is 46.9 Å². The number of hydrogen-bond donors (Lipinski definition) is 2. The number of amides is 1. The van der Waals surface area contributed by atoms with E-state index in [2.05, 4.69) is 0 Å². The van der Waals surface area contributed by atoms with E-state index in [1.165, 1.54) is 44.9 Å². The standard InChI is InChI=1S/C23H23F4NO8S/c1-33-14-10-18(35-3)15(19(11-14)36-4)7-8-37(32)12-13-5-6-17(34-2)16(9-13)28-20(29)22(24,25)23(26,27)21(30)31/h5-11H,12H2,1-4H3,(H,28,29)(H,30,31)/b8-7+. The number of carbonyl (C=O) groups is 2. The summed E-state index contributed by atoms with van der Waals surface area (Å²) in [6.45, 7) is 0. The Morgan fingerprint density at radius 3 is 2.00 bits per heavy atom. The molecule has 0 aliphatic heterocycles. The van der Waals surface area contributed by atoms with Crippen molar-refractivity contribution in [2.45, 2.75) is 17.6 Å². The molecule has 9 nitrogen and oxygen atoms in total. The van der Waals surface area contributed by atoms with E-state index < -0.39 is 40.6 Å². The number of methoxy groups -OCH3 is 4. The summed E-state index contributed by atoms with van der Waals surface area (Å²) in [6.07, 6.45) is 1.48. The molecule has 14 heteroatoms. The maximum absolute atomic E-state index is 13.8. The fraction of sp³-hybridized carbons (Fsp3) is 0.304. The maximum Gasteiger partial charge on any atom is 0.413 e. The molecule has 37 heavy (non-hydrogen) atoms. The third-order valence-corrected chi connectivity index (χ3v) is 5.97. The number of nitrogens with one attached hydrogen (secondary N) is 1.